The van der Waals surface area contributed by atoms with Crippen LogP contribution in [0.4, 0.5) is 4.39 Å². The molecule has 0 bridgehead atoms. The van der Waals surface area contributed by atoms with Crippen LogP contribution in [0.25, 0.3) is 22.3 Å². The highest BCUT2D eigenvalue weighted by molar-refractivity contribution is 6.32. The number of fused-ring (bicyclic) bond motifs is 1. The molecule has 29 heavy (non-hydrogen) atoms. The summed E-state index contributed by atoms with van der Waals surface area (Å²) < 4.78 is 13.1. The summed E-state index contributed by atoms with van der Waals surface area (Å²) in [5.74, 6) is 0.372. The second-order valence-corrected chi connectivity index (χ2v) is 6.83. The van der Waals surface area contributed by atoms with Crippen molar-refractivity contribution in [3.05, 3.63) is 77.2 Å². The van der Waals surface area contributed by atoms with E-state index >= 15 is 0 Å². The Kier molecular flexibility index (Phi) is 5.48. The quantitative estimate of drug-likeness (QED) is 0.468. The lowest BCUT2D eigenvalue weighted by atomic mass is 10.1. The molecule has 0 saturated heterocycles. The predicted octanol–water partition coefficient (Wildman–Crippen LogP) is 4.18. The minimum Gasteiger partial charge on any atom is -0.352 e. The Morgan fingerprint density at radius 3 is 2.69 bits per heavy atom. The van der Waals surface area contributed by atoms with Crippen molar-refractivity contribution < 1.29 is 9.18 Å². The summed E-state index contributed by atoms with van der Waals surface area (Å²) in [5.41, 5.74) is 2.74. The molecule has 1 amide bonds. The van der Waals surface area contributed by atoms with Crippen molar-refractivity contribution in [3.63, 3.8) is 0 Å². The Bertz CT molecular complexity index is 1150. The van der Waals surface area contributed by atoms with E-state index in [1.54, 1.807) is 42.7 Å². The monoisotopic (exact) mass is 409 g/mol. The van der Waals surface area contributed by atoms with Crippen molar-refractivity contribution in [3.8, 4) is 11.3 Å². The van der Waals surface area contributed by atoms with Gasteiger partial charge in [0.25, 0.3) is 5.91 Å². The van der Waals surface area contributed by atoms with Gasteiger partial charge in [0.1, 0.15) is 17.3 Å². The Morgan fingerprint density at radius 1 is 1.10 bits per heavy atom. The van der Waals surface area contributed by atoms with Gasteiger partial charge < -0.3 is 10.3 Å². The van der Waals surface area contributed by atoms with E-state index in [9.17, 15) is 9.18 Å². The molecule has 6 nitrogen and oxygen atoms in total. The van der Waals surface area contributed by atoms with Gasteiger partial charge in [-0.3, -0.25) is 4.79 Å². The van der Waals surface area contributed by atoms with Gasteiger partial charge in [-0.25, -0.2) is 19.3 Å². The predicted molar refractivity (Wildman–Crippen MR) is 109 cm³/mol. The van der Waals surface area contributed by atoms with Crippen molar-refractivity contribution in [2.45, 2.75) is 12.8 Å². The maximum Gasteiger partial charge on any atom is 0.251 e. The molecule has 0 spiro atoms. The highest BCUT2D eigenvalue weighted by Gasteiger charge is 2.12. The molecule has 0 aliphatic heterocycles. The molecular formula is C21H17ClFN5O. The third kappa shape index (κ3) is 4.41. The van der Waals surface area contributed by atoms with E-state index in [4.69, 9.17) is 11.6 Å². The van der Waals surface area contributed by atoms with Crippen LogP contribution in [0, 0.1) is 5.82 Å². The van der Waals surface area contributed by atoms with Gasteiger partial charge in [-0.2, -0.15) is 0 Å². The van der Waals surface area contributed by atoms with Gasteiger partial charge in [-0.1, -0.05) is 11.6 Å². The molecule has 0 aliphatic rings. The second-order valence-electron chi connectivity index (χ2n) is 6.47. The number of carbonyl (C=O) groups excluding carboxylic acids is 1. The molecule has 0 atom stereocenters. The van der Waals surface area contributed by atoms with E-state index in [0.717, 1.165) is 18.7 Å². The zero-order chi connectivity index (χ0) is 20.2. The summed E-state index contributed by atoms with van der Waals surface area (Å²) in [6.45, 7) is 0.535. The van der Waals surface area contributed by atoms with Crippen molar-refractivity contribution in [2.24, 2.45) is 0 Å². The second kappa shape index (κ2) is 8.36. The average Bonchev–Trinajstić information content (AvgIpc) is 3.24. The first-order chi connectivity index (χ1) is 14.1. The molecular weight excluding hydrogens is 393 g/mol. The first kappa shape index (κ1) is 19.0. The molecule has 4 aromatic rings. The van der Waals surface area contributed by atoms with Crippen LogP contribution in [0.1, 0.15) is 22.6 Å². The van der Waals surface area contributed by atoms with Crippen LogP contribution in [-0.4, -0.2) is 32.4 Å². The van der Waals surface area contributed by atoms with Crippen molar-refractivity contribution in [2.75, 3.05) is 6.54 Å². The maximum atomic E-state index is 13.1. The lowest BCUT2D eigenvalue weighted by Crippen LogP contribution is -2.24. The largest absolute Gasteiger partial charge is 0.352 e. The lowest BCUT2D eigenvalue weighted by Gasteiger charge is -2.08. The highest BCUT2D eigenvalue weighted by Crippen LogP contribution is 2.27. The SMILES string of the molecule is O=C(NCCCc1ncc[nH]1)c1ccc2nc(-c3ccc(F)cc3)c(Cl)nc2c1. The van der Waals surface area contributed by atoms with Gasteiger partial charge >= 0.3 is 0 Å². The van der Waals surface area contributed by atoms with Gasteiger partial charge in [0, 0.05) is 36.5 Å². The molecule has 2 heterocycles. The van der Waals surface area contributed by atoms with Crippen LogP contribution in [0.2, 0.25) is 5.15 Å². The first-order valence-electron chi connectivity index (χ1n) is 9.10. The molecule has 2 aromatic carbocycles. The summed E-state index contributed by atoms with van der Waals surface area (Å²) in [4.78, 5) is 28.5. The van der Waals surface area contributed by atoms with Crippen LogP contribution in [0.15, 0.2) is 54.9 Å². The van der Waals surface area contributed by atoms with E-state index < -0.39 is 0 Å². The number of imidazole rings is 1. The Hall–Kier alpha value is -3.32. The minimum absolute atomic E-state index is 0.188. The summed E-state index contributed by atoms with van der Waals surface area (Å²) in [6, 6.07) is 11.0. The zero-order valence-corrected chi connectivity index (χ0v) is 16.1. The number of aromatic amines is 1. The number of nitrogens with one attached hydrogen (secondary N) is 2. The fourth-order valence-electron chi connectivity index (χ4n) is 2.96. The highest BCUT2D eigenvalue weighted by atomic mass is 35.5. The third-order valence-electron chi connectivity index (χ3n) is 4.43. The topological polar surface area (TPSA) is 83.6 Å². The van der Waals surface area contributed by atoms with E-state index in [2.05, 4.69) is 25.3 Å². The summed E-state index contributed by atoms with van der Waals surface area (Å²) >= 11 is 6.28. The van der Waals surface area contributed by atoms with E-state index in [-0.39, 0.29) is 16.9 Å². The number of amides is 1. The van der Waals surface area contributed by atoms with E-state index in [1.807, 2.05) is 0 Å². The van der Waals surface area contributed by atoms with Crippen molar-refractivity contribution in [1.29, 1.82) is 0 Å². The number of hydrogen-bond acceptors (Lipinski definition) is 4. The molecule has 2 N–H and O–H groups in total. The number of aromatic nitrogens is 4. The summed E-state index contributed by atoms with van der Waals surface area (Å²) in [6.07, 6.45) is 5.02. The Morgan fingerprint density at radius 2 is 1.93 bits per heavy atom. The van der Waals surface area contributed by atoms with Gasteiger partial charge in [-0.05, 0) is 48.9 Å². The van der Waals surface area contributed by atoms with Crippen molar-refractivity contribution >= 4 is 28.5 Å². The lowest BCUT2D eigenvalue weighted by molar-refractivity contribution is 0.0953. The Balaban J connectivity index is 1.48. The summed E-state index contributed by atoms with van der Waals surface area (Å²) in [7, 11) is 0. The number of rotatable bonds is 6. The number of nitrogens with zero attached hydrogens (tertiary/aromatic N) is 3. The molecule has 0 aliphatic carbocycles. The molecule has 0 fully saturated rings. The molecule has 0 radical (unpaired) electrons. The molecule has 2 aromatic heterocycles. The van der Waals surface area contributed by atoms with Crippen LogP contribution in [0.5, 0.6) is 0 Å². The zero-order valence-electron chi connectivity index (χ0n) is 15.3. The standard InChI is InChI=1S/C21H17ClFN5O/c22-20-19(13-3-6-15(23)7-4-13)27-16-8-5-14(12-17(16)28-20)21(29)26-9-1-2-18-24-10-11-25-18/h3-8,10-12H,1-2,9H2,(H,24,25)(H,26,29). The molecule has 8 heteroatoms. The van der Waals surface area contributed by atoms with E-state index in [0.29, 0.717) is 34.4 Å². The molecule has 0 unspecified atom stereocenters. The van der Waals surface area contributed by atoms with Crippen LogP contribution in [0.3, 0.4) is 0 Å². The number of halogens is 2. The first-order valence-corrected chi connectivity index (χ1v) is 9.47. The van der Waals surface area contributed by atoms with Gasteiger partial charge in [0.15, 0.2) is 5.15 Å². The number of H-pyrrole nitrogens is 1. The van der Waals surface area contributed by atoms with Crippen LogP contribution < -0.4 is 5.32 Å². The van der Waals surface area contributed by atoms with Gasteiger partial charge in [0.2, 0.25) is 0 Å². The average molecular weight is 410 g/mol. The minimum atomic E-state index is -0.335. The van der Waals surface area contributed by atoms with Crippen LogP contribution >= 0.6 is 11.6 Å². The van der Waals surface area contributed by atoms with E-state index in [1.165, 1.54) is 12.1 Å². The number of aryl methyl sites for hydroxylation is 1. The maximum absolute atomic E-state index is 13.1. The molecule has 4 rings (SSSR count). The molecule has 146 valence electrons. The number of benzene rings is 2. The smallest absolute Gasteiger partial charge is 0.251 e. The fourth-order valence-corrected chi connectivity index (χ4v) is 3.20. The Labute approximate surface area is 171 Å². The van der Waals surface area contributed by atoms with Gasteiger partial charge in [-0.15, -0.1) is 0 Å². The normalized spacial score (nSPS) is 11.0. The summed E-state index contributed by atoms with van der Waals surface area (Å²) in [5, 5.41) is 3.08. The van der Waals surface area contributed by atoms with Crippen LogP contribution in [-0.2, 0) is 6.42 Å². The third-order valence-corrected chi connectivity index (χ3v) is 4.70. The van der Waals surface area contributed by atoms with Gasteiger partial charge in [0.05, 0.1) is 11.0 Å². The fraction of sp³-hybridized carbons (Fsp3) is 0.143. The van der Waals surface area contributed by atoms with Crippen molar-refractivity contribution in [1.82, 2.24) is 25.3 Å². The number of hydrogen-bond donors (Lipinski definition) is 2. The molecule has 0 saturated carbocycles. The number of carbonyl (C=O) groups is 1.